The van der Waals surface area contributed by atoms with Crippen molar-refractivity contribution in [2.75, 3.05) is 16.4 Å². The Balaban J connectivity index is 1.17. The van der Waals surface area contributed by atoms with Crippen molar-refractivity contribution >= 4 is 46.7 Å². The summed E-state index contributed by atoms with van der Waals surface area (Å²) in [7, 11) is 0. The molecule has 0 bridgehead atoms. The van der Waals surface area contributed by atoms with E-state index >= 15 is 0 Å². The number of carbonyl (C=O) groups is 4. The van der Waals surface area contributed by atoms with Gasteiger partial charge in [0.25, 0.3) is 5.91 Å². The van der Waals surface area contributed by atoms with E-state index in [1.807, 2.05) is 24.3 Å². The molecule has 10 nitrogen and oxygen atoms in total. The zero-order valence-electron chi connectivity index (χ0n) is 26.1. The number of halogens is 1. The van der Waals surface area contributed by atoms with E-state index in [4.69, 9.17) is 16.3 Å². The van der Waals surface area contributed by atoms with Crippen LogP contribution in [0.25, 0.3) is 0 Å². The molecule has 2 N–H and O–H groups in total. The van der Waals surface area contributed by atoms with Crippen LogP contribution in [-0.2, 0) is 49.0 Å². The zero-order chi connectivity index (χ0) is 33.5. The number of hydrogen-bond acceptors (Lipinski definition) is 7. The molecule has 0 spiro atoms. The van der Waals surface area contributed by atoms with Gasteiger partial charge < -0.3 is 24.7 Å². The van der Waals surface area contributed by atoms with Gasteiger partial charge in [-0.25, -0.2) is 0 Å². The van der Waals surface area contributed by atoms with Crippen molar-refractivity contribution in [2.45, 2.75) is 64.1 Å². The highest BCUT2D eigenvalue weighted by atomic mass is 35.5. The Morgan fingerprint density at radius 3 is 2.47 bits per heavy atom. The number of fused-ring (bicyclic) bond motifs is 2. The summed E-state index contributed by atoms with van der Waals surface area (Å²) in [5.74, 6) is -2.02. The maximum Gasteiger partial charge on any atom is 0.304 e. The van der Waals surface area contributed by atoms with Crippen LogP contribution in [0.1, 0.15) is 48.9 Å². The predicted molar refractivity (Wildman–Crippen MR) is 175 cm³/mol. The first-order chi connectivity index (χ1) is 22.5. The van der Waals surface area contributed by atoms with Gasteiger partial charge in [-0.2, -0.15) is 0 Å². The predicted octanol–water partition coefficient (Wildman–Crippen LogP) is 4.23. The third-order valence-electron chi connectivity index (χ3n) is 9.26. The number of ether oxygens (including phenoxy) is 1. The van der Waals surface area contributed by atoms with Crippen LogP contribution in [0.15, 0.2) is 78.9 Å². The van der Waals surface area contributed by atoms with Crippen molar-refractivity contribution in [3.05, 3.63) is 106 Å². The SMILES string of the molecule is CC(=O)OC1CC(=O)N1c1ccc(CN2C(=O)[C@](O)([C@H](C)/C=C/CC(=O)N3Cc4ccccc4C[C@H]3CO)c3cc(Cl)ccc32)cc1. The Bertz CT molecular complexity index is 1760. The molecular formula is C36H36ClN3O7. The van der Waals surface area contributed by atoms with E-state index in [-0.39, 0.29) is 43.8 Å². The third-order valence-corrected chi connectivity index (χ3v) is 9.49. The van der Waals surface area contributed by atoms with Gasteiger partial charge in [0.15, 0.2) is 11.8 Å². The molecule has 6 rings (SSSR count). The fourth-order valence-corrected chi connectivity index (χ4v) is 6.85. The Morgan fingerprint density at radius 2 is 1.79 bits per heavy atom. The molecule has 244 valence electrons. The van der Waals surface area contributed by atoms with Crippen LogP contribution in [0.5, 0.6) is 0 Å². The Labute approximate surface area is 277 Å². The van der Waals surface area contributed by atoms with Crippen molar-refractivity contribution in [2.24, 2.45) is 5.92 Å². The highest BCUT2D eigenvalue weighted by Crippen LogP contribution is 2.47. The summed E-state index contributed by atoms with van der Waals surface area (Å²) in [5.41, 5.74) is 2.46. The number of hydrogen-bond donors (Lipinski definition) is 2. The average Bonchev–Trinajstić information content (AvgIpc) is 3.26. The van der Waals surface area contributed by atoms with E-state index in [1.165, 1.54) is 16.7 Å². The molecule has 4 atom stereocenters. The quantitative estimate of drug-likeness (QED) is 0.200. The summed E-state index contributed by atoms with van der Waals surface area (Å²) < 4.78 is 5.20. The maximum absolute atomic E-state index is 14.0. The lowest BCUT2D eigenvalue weighted by Crippen LogP contribution is -2.54. The molecule has 3 aliphatic rings. The molecule has 3 aliphatic heterocycles. The highest BCUT2D eigenvalue weighted by Gasteiger charge is 2.52. The molecule has 1 unspecified atom stereocenters. The molecule has 11 heteroatoms. The van der Waals surface area contributed by atoms with Gasteiger partial charge in [0, 0.05) is 42.1 Å². The highest BCUT2D eigenvalue weighted by molar-refractivity contribution is 6.31. The molecule has 3 heterocycles. The second-order valence-electron chi connectivity index (χ2n) is 12.3. The monoisotopic (exact) mass is 657 g/mol. The second kappa shape index (κ2) is 12.9. The minimum Gasteiger partial charge on any atom is -0.441 e. The molecule has 3 amide bonds. The van der Waals surface area contributed by atoms with Gasteiger partial charge in [-0.05, 0) is 53.4 Å². The number of carbonyl (C=O) groups excluding carboxylic acids is 4. The smallest absolute Gasteiger partial charge is 0.304 e. The van der Waals surface area contributed by atoms with Gasteiger partial charge in [-0.15, -0.1) is 0 Å². The molecule has 0 aliphatic carbocycles. The third kappa shape index (κ3) is 6.04. The van der Waals surface area contributed by atoms with Crippen LogP contribution in [0.4, 0.5) is 11.4 Å². The van der Waals surface area contributed by atoms with E-state index in [1.54, 1.807) is 66.4 Å². The maximum atomic E-state index is 14.0. The molecule has 0 saturated carbocycles. The fourth-order valence-electron chi connectivity index (χ4n) is 6.68. The van der Waals surface area contributed by atoms with Crippen LogP contribution < -0.4 is 9.80 Å². The lowest BCUT2D eigenvalue weighted by molar-refractivity contribution is -0.154. The minimum atomic E-state index is -1.93. The average molecular weight is 658 g/mol. The van der Waals surface area contributed by atoms with Crippen molar-refractivity contribution < 1.29 is 34.1 Å². The molecule has 0 radical (unpaired) electrons. The van der Waals surface area contributed by atoms with Crippen molar-refractivity contribution in [1.29, 1.82) is 0 Å². The van der Waals surface area contributed by atoms with Gasteiger partial charge in [0.1, 0.15) is 0 Å². The van der Waals surface area contributed by atoms with E-state index in [9.17, 15) is 29.4 Å². The van der Waals surface area contributed by atoms with Gasteiger partial charge in [-0.1, -0.05) is 67.1 Å². The number of esters is 1. The Kier molecular flexibility index (Phi) is 8.93. The van der Waals surface area contributed by atoms with Crippen LogP contribution in [0.3, 0.4) is 0 Å². The van der Waals surface area contributed by atoms with Gasteiger partial charge in [0.2, 0.25) is 11.8 Å². The first-order valence-corrected chi connectivity index (χ1v) is 16.0. The summed E-state index contributed by atoms with van der Waals surface area (Å²) in [6.45, 7) is 3.43. The Morgan fingerprint density at radius 1 is 1.06 bits per heavy atom. The minimum absolute atomic E-state index is 0.0452. The largest absolute Gasteiger partial charge is 0.441 e. The molecule has 47 heavy (non-hydrogen) atoms. The summed E-state index contributed by atoms with van der Waals surface area (Å²) in [5, 5.41) is 22.4. The lowest BCUT2D eigenvalue weighted by Gasteiger charge is -2.39. The van der Waals surface area contributed by atoms with Crippen molar-refractivity contribution in [3.63, 3.8) is 0 Å². The number of nitrogens with zero attached hydrogens (tertiary/aromatic N) is 3. The number of β-lactam (4-membered cyclic amide) rings is 1. The summed E-state index contributed by atoms with van der Waals surface area (Å²) in [4.78, 5) is 55.4. The van der Waals surface area contributed by atoms with E-state index < -0.39 is 29.6 Å². The van der Waals surface area contributed by atoms with Crippen LogP contribution in [0, 0.1) is 5.92 Å². The molecule has 0 aromatic heterocycles. The topological polar surface area (TPSA) is 128 Å². The van der Waals surface area contributed by atoms with E-state index in [2.05, 4.69) is 0 Å². The second-order valence-corrected chi connectivity index (χ2v) is 12.7. The van der Waals surface area contributed by atoms with Gasteiger partial charge in [-0.3, -0.25) is 24.1 Å². The first-order valence-electron chi connectivity index (χ1n) is 15.6. The standard InChI is InChI=1S/C36H36ClN3O7/c1-22(6-5-9-32(43)38-20-26-8-4-3-7-25(26)16-29(38)21-41)36(46)30-17-27(37)12-15-31(30)39(35(36)45)19-24-10-13-28(14-11-24)40-33(44)18-34(40)47-23(2)42/h3-8,10-15,17,22,29,34,41,46H,9,16,18-21H2,1-2H3/b6-5+/t22-,29+,34?,36+/m1/s1. The molecular weight excluding hydrogens is 622 g/mol. The zero-order valence-corrected chi connectivity index (χ0v) is 26.9. The summed E-state index contributed by atoms with van der Waals surface area (Å²) >= 11 is 6.33. The van der Waals surface area contributed by atoms with E-state index in [0.29, 0.717) is 34.9 Å². The van der Waals surface area contributed by atoms with Crippen LogP contribution >= 0.6 is 11.6 Å². The molecule has 1 fully saturated rings. The number of aliphatic hydroxyl groups excluding tert-OH is 1. The van der Waals surface area contributed by atoms with E-state index in [0.717, 1.165) is 16.7 Å². The van der Waals surface area contributed by atoms with Gasteiger partial charge >= 0.3 is 5.97 Å². The van der Waals surface area contributed by atoms with Gasteiger partial charge in [0.05, 0.1) is 31.3 Å². The number of amides is 3. The van der Waals surface area contributed by atoms with Crippen molar-refractivity contribution in [3.8, 4) is 0 Å². The normalized spacial score (nSPS) is 22.6. The van der Waals surface area contributed by atoms with Crippen molar-refractivity contribution in [1.82, 2.24) is 4.90 Å². The van der Waals surface area contributed by atoms with Crippen LogP contribution in [0.2, 0.25) is 5.02 Å². The number of anilines is 2. The summed E-state index contributed by atoms with van der Waals surface area (Å²) in [6.07, 6.45) is 3.44. The molecule has 3 aromatic rings. The first kappa shape index (κ1) is 32.4. The number of aliphatic hydroxyl groups is 2. The number of rotatable bonds is 9. The molecule has 1 saturated heterocycles. The molecule has 3 aromatic carbocycles. The number of benzene rings is 3. The van der Waals surface area contributed by atoms with Crippen LogP contribution in [-0.4, -0.2) is 57.7 Å². The summed E-state index contributed by atoms with van der Waals surface area (Å²) in [6, 6.07) is 19.5. The fraction of sp³-hybridized carbons (Fsp3) is 0.333. The Hall–Kier alpha value is -4.51. The lowest BCUT2D eigenvalue weighted by atomic mass is 9.83.